The van der Waals surface area contributed by atoms with Crippen molar-refractivity contribution in [1.29, 1.82) is 0 Å². The lowest BCUT2D eigenvalue weighted by Crippen LogP contribution is -2.34. The van der Waals surface area contributed by atoms with Crippen molar-refractivity contribution in [2.24, 2.45) is 0 Å². The average molecular weight is 323 g/mol. The first-order valence-electron chi connectivity index (χ1n) is 5.37. The summed E-state index contributed by atoms with van der Waals surface area (Å²) < 4.78 is 19.8. The summed E-state index contributed by atoms with van der Waals surface area (Å²) in [6, 6.07) is 0. The van der Waals surface area contributed by atoms with E-state index >= 15 is 0 Å². The quantitative estimate of drug-likeness (QED) is 0.770. The molecule has 8 heteroatoms. The summed E-state index contributed by atoms with van der Waals surface area (Å²) in [6.07, 6.45) is -1.75. The molecule has 1 aliphatic heterocycles. The van der Waals surface area contributed by atoms with Crippen molar-refractivity contribution in [2.45, 2.75) is 30.3 Å². The Morgan fingerprint density at radius 1 is 1.61 bits per heavy atom. The molecule has 0 aromatic carbocycles. The molecule has 3 atom stereocenters. The smallest absolute Gasteiger partial charge is 0.330 e. The maximum Gasteiger partial charge on any atom is 0.330 e. The van der Waals surface area contributed by atoms with Crippen LogP contribution >= 0.6 is 15.9 Å². The molecule has 1 unspecified atom stereocenters. The molecule has 2 heterocycles. The standard InChI is InChI=1S/C10H12BrFN2O4/c11-2-5-3-14(10(17)13-9(5)16)8-1-6(12)7(4-15)18-8/h3,6-8,15H,1-2,4H2,(H,13,16,17)/t6?,7-,8-/m1/s1. The number of aromatic nitrogens is 2. The molecule has 0 spiro atoms. The number of aliphatic hydroxyl groups is 1. The van der Waals surface area contributed by atoms with Crippen LogP contribution in [0.2, 0.25) is 0 Å². The molecule has 0 aliphatic carbocycles. The van der Waals surface area contributed by atoms with Crippen LogP contribution in [0.25, 0.3) is 0 Å². The second-order valence-corrected chi connectivity index (χ2v) is 4.58. The Balaban J connectivity index is 2.35. The third-order valence-corrected chi connectivity index (χ3v) is 3.44. The van der Waals surface area contributed by atoms with Crippen LogP contribution < -0.4 is 11.2 Å². The molecule has 100 valence electrons. The van der Waals surface area contributed by atoms with E-state index in [1.807, 2.05) is 0 Å². The molecule has 1 aromatic heterocycles. The van der Waals surface area contributed by atoms with Gasteiger partial charge in [-0.2, -0.15) is 0 Å². The number of aromatic amines is 1. The monoisotopic (exact) mass is 322 g/mol. The highest BCUT2D eigenvalue weighted by atomic mass is 79.9. The van der Waals surface area contributed by atoms with Crippen molar-refractivity contribution >= 4 is 15.9 Å². The highest BCUT2D eigenvalue weighted by Gasteiger charge is 2.36. The Hall–Kier alpha value is -0.990. The highest BCUT2D eigenvalue weighted by molar-refractivity contribution is 9.08. The van der Waals surface area contributed by atoms with Crippen molar-refractivity contribution in [3.8, 4) is 0 Å². The fourth-order valence-corrected chi connectivity index (χ4v) is 2.26. The minimum atomic E-state index is -1.33. The van der Waals surface area contributed by atoms with Crippen molar-refractivity contribution < 1.29 is 14.2 Å². The average Bonchev–Trinajstić information content (AvgIpc) is 2.70. The molecule has 2 N–H and O–H groups in total. The van der Waals surface area contributed by atoms with E-state index in [0.29, 0.717) is 5.56 Å². The molecule has 1 aliphatic rings. The van der Waals surface area contributed by atoms with Gasteiger partial charge < -0.3 is 9.84 Å². The van der Waals surface area contributed by atoms with Crippen LogP contribution in [-0.2, 0) is 10.1 Å². The summed E-state index contributed by atoms with van der Waals surface area (Å²) in [7, 11) is 0. The number of halogens is 2. The molecule has 0 saturated carbocycles. The third-order valence-electron chi connectivity index (χ3n) is 2.84. The Labute approximate surface area is 110 Å². The summed E-state index contributed by atoms with van der Waals surface area (Å²) in [5, 5.41) is 9.17. The van der Waals surface area contributed by atoms with E-state index in [1.54, 1.807) is 0 Å². The van der Waals surface area contributed by atoms with E-state index in [0.717, 1.165) is 4.57 Å². The van der Waals surface area contributed by atoms with E-state index in [9.17, 15) is 14.0 Å². The SMILES string of the molecule is O=c1[nH]c(=O)n([C@H]2CC(F)[C@@H](CO)O2)cc1CBr. The molecule has 1 saturated heterocycles. The van der Waals surface area contributed by atoms with Gasteiger partial charge in [-0.25, -0.2) is 9.18 Å². The second kappa shape index (κ2) is 5.33. The highest BCUT2D eigenvalue weighted by Crippen LogP contribution is 2.29. The van der Waals surface area contributed by atoms with Crippen LogP contribution in [0.1, 0.15) is 18.2 Å². The fourth-order valence-electron chi connectivity index (χ4n) is 1.86. The molecular formula is C10H12BrFN2O4. The van der Waals surface area contributed by atoms with Crippen molar-refractivity contribution in [3.05, 3.63) is 32.6 Å². The van der Waals surface area contributed by atoms with Gasteiger partial charge in [0.05, 0.1) is 6.61 Å². The Morgan fingerprint density at radius 3 is 2.89 bits per heavy atom. The number of H-pyrrole nitrogens is 1. The number of rotatable bonds is 3. The van der Waals surface area contributed by atoms with E-state index < -0.39 is 36.4 Å². The number of nitrogens with zero attached hydrogens (tertiary/aromatic N) is 1. The topological polar surface area (TPSA) is 84.3 Å². The molecule has 18 heavy (non-hydrogen) atoms. The van der Waals surface area contributed by atoms with Crippen LogP contribution in [0, 0.1) is 0 Å². The zero-order valence-corrected chi connectivity index (χ0v) is 10.9. The van der Waals surface area contributed by atoms with Gasteiger partial charge in [-0.3, -0.25) is 14.3 Å². The zero-order valence-electron chi connectivity index (χ0n) is 9.31. The normalized spacial score (nSPS) is 27.6. The fraction of sp³-hybridized carbons (Fsp3) is 0.600. The lowest BCUT2D eigenvalue weighted by atomic mass is 10.2. The number of hydrogen-bond acceptors (Lipinski definition) is 4. The first-order chi connectivity index (χ1) is 8.56. The van der Waals surface area contributed by atoms with Crippen molar-refractivity contribution in [3.63, 3.8) is 0 Å². The number of alkyl halides is 2. The number of aliphatic hydroxyl groups excluding tert-OH is 1. The van der Waals surface area contributed by atoms with Gasteiger partial charge in [-0.15, -0.1) is 0 Å². The van der Waals surface area contributed by atoms with Gasteiger partial charge in [0.15, 0.2) is 0 Å². The first-order valence-corrected chi connectivity index (χ1v) is 6.49. The van der Waals surface area contributed by atoms with Gasteiger partial charge in [0, 0.05) is 23.5 Å². The summed E-state index contributed by atoms with van der Waals surface area (Å²) in [4.78, 5) is 25.1. The maximum atomic E-state index is 13.4. The van der Waals surface area contributed by atoms with Gasteiger partial charge in [0.1, 0.15) is 18.5 Å². The Bertz CT molecular complexity index is 543. The van der Waals surface area contributed by atoms with Gasteiger partial charge in [-0.1, -0.05) is 15.9 Å². The summed E-state index contributed by atoms with van der Waals surface area (Å²) in [5.74, 6) is 0. The van der Waals surface area contributed by atoms with Crippen LogP contribution in [-0.4, -0.2) is 33.5 Å². The lowest BCUT2D eigenvalue weighted by molar-refractivity contribution is -0.0356. The van der Waals surface area contributed by atoms with E-state index in [1.165, 1.54) is 6.20 Å². The Kier molecular flexibility index (Phi) is 3.98. The molecule has 0 radical (unpaired) electrons. The molecule has 1 fully saturated rings. The lowest BCUT2D eigenvalue weighted by Gasteiger charge is -2.14. The maximum absolute atomic E-state index is 13.4. The van der Waals surface area contributed by atoms with Crippen LogP contribution in [0.4, 0.5) is 4.39 Å². The van der Waals surface area contributed by atoms with Gasteiger partial charge >= 0.3 is 5.69 Å². The number of hydrogen-bond donors (Lipinski definition) is 2. The predicted molar refractivity (Wildman–Crippen MR) is 64.5 cm³/mol. The van der Waals surface area contributed by atoms with Crippen LogP contribution in [0.15, 0.2) is 15.8 Å². The van der Waals surface area contributed by atoms with Crippen LogP contribution in [0.3, 0.4) is 0 Å². The number of nitrogens with one attached hydrogen (secondary N) is 1. The van der Waals surface area contributed by atoms with E-state index in [-0.39, 0.29) is 11.8 Å². The predicted octanol–water partition coefficient (Wildman–Crippen LogP) is 0.0494. The molecular weight excluding hydrogens is 311 g/mol. The largest absolute Gasteiger partial charge is 0.394 e. The molecule has 2 rings (SSSR count). The van der Waals surface area contributed by atoms with Crippen molar-refractivity contribution in [2.75, 3.05) is 6.61 Å². The van der Waals surface area contributed by atoms with E-state index in [2.05, 4.69) is 20.9 Å². The van der Waals surface area contributed by atoms with Crippen molar-refractivity contribution in [1.82, 2.24) is 9.55 Å². The van der Waals surface area contributed by atoms with E-state index in [4.69, 9.17) is 9.84 Å². The summed E-state index contributed by atoms with van der Waals surface area (Å²) in [6.45, 7) is -0.443. The second-order valence-electron chi connectivity index (χ2n) is 4.02. The van der Waals surface area contributed by atoms with Gasteiger partial charge in [-0.05, 0) is 0 Å². The summed E-state index contributed by atoms with van der Waals surface area (Å²) in [5.41, 5.74) is -0.789. The molecule has 6 nitrogen and oxygen atoms in total. The van der Waals surface area contributed by atoms with Gasteiger partial charge in [0.2, 0.25) is 0 Å². The van der Waals surface area contributed by atoms with Crippen LogP contribution in [0.5, 0.6) is 0 Å². The molecule has 0 bridgehead atoms. The minimum absolute atomic E-state index is 0.0289. The van der Waals surface area contributed by atoms with Gasteiger partial charge in [0.25, 0.3) is 5.56 Å². The number of ether oxygens (including phenoxy) is 1. The third kappa shape index (κ3) is 2.40. The summed E-state index contributed by atoms with van der Waals surface area (Å²) >= 11 is 3.12. The Morgan fingerprint density at radius 2 is 2.33 bits per heavy atom. The minimum Gasteiger partial charge on any atom is -0.394 e. The molecule has 1 aromatic rings. The first kappa shape index (κ1) is 13.4. The zero-order chi connectivity index (χ0) is 13.3. The molecule has 0 amide bonds.